The van der Waals surface area contributed by atoms with E-state index >= 15 is 0 Å². The monoisotopic (exact) mass is 245 g/mol. The lowest BCUT2D eigenvalue weighted by Crippen LogP contribution is -2.16. The van der Waals surface area contributed by atoms with Crippen LogP contribution in [0.15, 0.2) is 34.9 Å². The second-order valence-corrected chi connectivity index (χ2v) is 5.50. The number of nitrogens with zero attached hydrogens (tertiary/aromatic N) is 2. The van der Waals surface area contributed by atoms with Crippen LogP contribution in [0.1, 0.15) is 44.1 Å². The molecule has 18 heavy (non-hydrogen) atoms. The zero-order chi connectivity index (χ0) is 13.2. The highest BCUT2D eigenvalue weighted by molar-refractivity contribution is 5.17. The summed E-state index contributed by atoms with van der Waals surface area (Å²) in [6.45, 7) is 6.14. The van der Waals surface area contributed by atoms with Gasteiger partial charge in [0, 0.05) is 5.41 Å². The molecule has 0 unspecified atom stereocenters. The molecule has 0 spiro atoms. The molecular weight excluding hydrogens is 226 g/mol. The Hall–Kier alpha value is -1.68. The molecule has 4 nitrogen and oxygen atoms in total. The van der Waals surface area contributed by atoms with E-state index in [0.29, 0.717) is 18.1 Å². The van der Waals surface area contributed by atoms with Crippen LogP contribution in [0, 0.1) is 0 Å². The van der Waals surface area contributed by atoms with Crippen molar-refractivity contribution in [2.24, 2.45) is 5.73 Å². The van der Waals surface area contributed by atoms with Gasteiger partial charge in [0.1, 0.15) is 0 Å². The van der Waals surface area contributed by atoms with E-state index in [1.165, 1.54) is 5.56 Å². The molecule has 0 radical (unpaired) electrons. The Morgan fingerprint density at radius 1 is 1.22 bits per heavy atom. The van der Waals surface area contributed by atoms with Crippen LogP contribution in [0.25, 0.3) is 0 Å². The van der Waals surface area contributed by atoms with Gasteiger partial charge in [-0.05, 0) is 12.0 Å². The van der Waals surface area contributed by atoms with Crippen LogP contribution in [0.4, 0.5) is 0 Å². The lowest BCUT2D eigenvalue weighted by Gasteiger charge is -2.11. The van der Waals surface area contributed by atoms with Gasteiger partial charge < -0.3 is 10.3 Å². The van der Waals surface area contributed by atoms with Gasteiger partial charge in [0.05, 0.1) is 6.04 Å². The van der Waals surface area contributed by atoms with E-state index < -0.39 is 0 Å². The Labute approximate surface area is 107 Å². The lowest BCUT2D eigenvalue weighted by molar-refractivity contribution is 0.343. The van der Waals surface area contributed by atoms with Crippen molar-refractivity contribution in [2.75, 3.05) is 0 Å². The Morgan fingerprint density at radius 3 is 2.44 bits per heavy atom. The van der Waals surface area contributed by atoms with Crippen molar-refractivity contribution in [3.63, 3.8) is 0 Å². The highest BCUT2D eigenvalue weighted by Gasteiger charge is 2.23. The fourth-order valence-electron chi connectivity index (χ4n) is 1.65. The molecule has 2 N–H and O–H groups in total. The van der Waals surface area contributed by atoms with Crippen molar-refractivity contribution in [1.82, 2.24) is 10.1 Å². The normalized spacial score (nSPS) is 13.6. The Kier molecular flexibility index (Phi) is 3.48. The zero-order valence-electron chi connectivity index (χ0n) is 11.1. The number of hydrogen-bond donors (Lipinski definition) is 1. The topological polar surface area (TPSA) is 64.9 Å². The first-order chi connectivity index (χ1) is 8.47. The summed E-state index contributed by atoms with van der Waals surface area (Å²) in [5.74, 6) is 1.20. The summed E-state index contributed by atoms with van der Waals surface area (Å²) in [4.78, 5) is 4.37. The molecule has 0 aliphatic rings. The van der Waals surface area contributed by atoms with Gasteiger partial charge >= 0.3 is 0 Å². The number of nitrogens with two attached hydrogens (primary N) is 1. The van der Waals surface area contributed by atoms with Crippen LogP contribution in [0.3, 0.4) is 0 Å². The lowest BCUT2D eigenvalue weighted by atomic mass is 9.96. The SMILES string of the molecule is CC(C)(C)c1noc([C@H](N)Cc2ccccc2)n1. The van der Waals surface area contributed by atoms with Gasteiger partial charge in [-0.2, -0.15) is 4.98 Å². The zero-order valence-corrected chi connectivity index (χ0v) is 11.1. The Bertz CT molecular complexity index is 499. The van der Waals surface area contributed by atoms with Gasteiger partial charge in [-0.3, -0.25) is 0 Å². The van der Waals surface area contributed by atoms with Crippen molar-refractivity contribution in [3.8, 4) is 0 Å². The minimum atomic E-state index is -0.254. The third-order valence-electron chi connectivity index (χ3n) is 2.73. The van der Waals surface area contributed by atoms with Crippen LogP contribution < -0.4 is 5.73 Å². The molecule has 1 heterocycles. The van der Waals surface area contributed by atoms with Crippen LogP contribution >= 0.6 is 0 Å². The number of aromatic nitrogens is 2. The van der Waals surface area contributed by atoms with Gasteiger partial charge in [0.15, 0.2) is 5.82 Å². The molecule has 2 aromatic rings. The molecule has 0 aliphatic heterocycles. The van der Waals surface area contributed by atoms with Gasteiger partial charge in [-0.25, -0.2) is 0 Å². The minimum Gasteiger partial charge on any atom is -0.338 e. The summed E-state index contributed by atoms with van der Waals surface area (Å²) in [6, 6.07) is 9.81. The van der Waals surface area contributed by atoms with Crippen LogP contribution in [0.5, 0.6) is 0 Å². The quantitative estimate of drug-likeness (QED) is 0.902. The summed E-state index contributed by atoms with van der Waals surface area (Å²) >= 11 is 0. The van der Waals surface area contributed by atoms with Crippen LogP contribution in [-0.4, -0.2) is 10.1 Å². The summed E-state index contributed by atoms with van der Waals surface area (Å²) in [5, 5.41) is 3.98. The summed E-state index contributed by atoms with van der Waals surface area (Å²) in [5.41, 5.74) is 7.14. The van der Waals surface area contributed by atoms with E-state index in [1.54, 1.807) is 0 Å². The molecule has 0 saturated heterocycles. The smallest absolute Gasteiger partial charge is 0.243 e. The Morgan fingerprint density at radius 2 is 1.89 bits per heavy atom. The molecule has 4 heteroatoms. The maximum atomic E-state index is 6.09. The third-order valence-corrected chi connectivity index (χ3v) is 2.73. The highest BCUT2D eigenvalue weighted by atomic mass is 16.5. The Balaban J connectivity index is 2.10. The third kappa shape index (κ3) is 2.96. The molecule has 0 fully saturated rings. The predicted octanol–water partition coefficient (Wildman–Crippen LogP) is 2.61. The first-order valence-electron chi connectivity index (χ1n) is 6.10. The van der Waals surface area contributed by atoms with Crippen molar-refractivity contribution in [3.05, 3.63) is 47.6 Å². The molecule has 2 rings (SSSR count). The second kappa shape index (κ2) is 4.90. The average molecular weight is 245 g/mol. The standard InChI is InChI=1S/C14H19N3O/c1-14(2,3)13-16-12(18-17-13)11(15)9-10-7-5-4-6-8-10/h4-8,11H,9,15H2,1-3H3/t11-/m1/s1. The maximum absolute atomic E-state index is 6.09. The maximum Gasteiger partial charge on any atom is 0.243 e. The predicted molar refractivity (Wildman–Crippen MR) is 70.1 cm³/mol. The molecule has 1 aromatic carbocycles. The molecule has 1 aromatic heterocycles. The van der Waals surface area contributed by atoms with E-state index in [-0.39, 0.29) is 11.5 Å². The average Bonchev–Trinajstić information content (AvgIpc) is 2.79. The summed E-state index contributed by atoms with van der Waals surface area (Å²) in [7, 11) is 0. The van der Waals surface area contributed by atoms with Crippen molar-refractivity contribution >= 4 is 0 Å². The van der Waals surface area contributed by atoms with E-state index in [4.69, 9.17) is 10.3 Å². The van der Waals surface area contributed by atoms with Crippen LogP contribution in [-0.2, 0) is 11.8 Å². The van der Waals surface area contributed by atoms with Gasteiger partial charge in [-0.1, -0.05) is 56.3 Å². The molecule has 0 amide bonds. The summed E-state index contributed by atoms with van der Waals surface area (Å²) in [6.07, 6.45) is 0.701. The molecule has 96 valence electrons. The van der Waals surface area contributed by atoms with E-state index in [2.05, 4.69) is 10.1 Å². The molecule has 0 saturated carbocycles. The van der Waals surface area contributed by atoms with Crippen molar-refractivity contribution in [1.29, 1.82) is 0 Å². The fraction of sp³-hybridized carbons (Fsp3) is 0.429. The van der Waals surface area contributed by atoms with E-state index in [1.807, 2.05) is 51.1 Å². The van der Waals surface area contributed by atoms with Crippen LogP contribution in [0.2, 0.25) is 0 Å². The van der Waals surface area contributed by atoms with Crippen molar-refractivity contribution in [2.45, 2.75) is 38.6 Å². The number of rotatable bonds is 3. The van der Waals surface area contributed by atoms with Crippen molar-refractivity contribution < 1.29 is 4.52 Å². The van der Waals surface area contributed by atoms with E-state index in [0.717, 1.165) is 0 Å². The molecule has 0 aliphatic carbocycles. The fourth-order valence-corrected chi connectivity index (χ4v) is 1.65. The first kappa shape index (κ1) is 12.8. The van der Waals surface area contributed by atoms with E-state index in [9.17, 15) is 0 Å². The number of benzene rings is 1. The number of hydrogen-bond acceptors (Lipinski definition) is 4. The molecule has 0 bridgehead atoms. The summed E-state index contributed by atoms with van der Waals surface area (Å²) < 4.78 is 5.24. The van der Waals surface area contributed by atoms with Gasteiger partial charge in [-0.15, -0.1) is 0 Å². The first-order valence-corrected chi connectivity index (χ1v) is 6.10. The van der Waals surface area contributed by atoms with Gasteiger partial charge in [0.25, 0.3) is 0 Å². The van der Waals surface area contributed by atoms with Gasteiger partial charge in [0.2, 0.25) is 5.89 Å². The largest absolute Gasteiger partial charge is 0.338 e. The second-order valence-electron chi connectivity index (χ2n) is 5.50. The highest BCUT2D eigenvalue weighted by Crippen LogP contribution is 2.21. The minimum absolute atomic E-state index is 0.117. The molecular formula is C14H19N3O. The molecule has 1 atom stereocenters.